The van der Waals surface area contributed by atoms with Crippen molar-refractivity contribution in [2.24, 2.45) is 0 Å². The maximum Gasteiger partial charge on any atom is 0.359 e. The summed E-state index contributed by atoms with van der Waals surface area (Å²) in [5, 5.41) is 10.2. The number of rotatable bonds is 6. The molecule has 4 rings (SSSR count). The van der Waals surface area contributed by atoms with E-state index in [1.165, 1.54) is 12.1 Å². The predicted molar refractivity (Wildman–Crippen MR) is 116 cm³/mol. The summed E-state index contributed by atoms with van der Waals surface area (Å²) in [5.74, 6) is -1.62. The van der Waals surface area contributed by atoms with E-state index in [2.05, 4.69) is 15.5 Å². The standard InChI is InChI=1S/C23H16ClN3O4/c24-15-10-11-18(17(12-15)22(29)14-6-2-1-3-7-14)25-20(28)13-31-23(30)21-16-8-4-5-9-19(16)26-27-21/h1-12H,13H2,(H,25,28)(H,26,27). The van der Waals surface area contributed by atoms with Crippen molar-refractivity contribution < 1.29 is 19.1 Å². The second-order valence-electron chi connectivity index (χ2n) is 6.63. The van der Waals surface area contributed by atoms with Crippen LogP contribution in [-0.2, 0) is 9.53 Å². The van der Waals surface area contributed by atoms with Crippen molar-refractivity contribution in [1.82, 2.24) is 10.2 Å². The number of ketones is 1. The van der Waals surface area contributed by atoms with Gasteiger partial charge in [0.15, 0.2) is 18.1 Å². The first-order chi connectivity index (χ1) is 15.0. The Bertz CT molecular complexity index is 1280. The Morgan fingerprint density at radius 3 is 2.52 bits per heavy atom. The summed E-state index contributed by atoms with van der Waals surface area (Å²) < 4.78 is 5.09. The Labute approximate surface area is 182 Å². The molecule has 0 unspecified atom stereocenters. The van der Waals surface area contributed by atoms with Gasteiger partial charge in [-0.1, -0.05) is 60.1 Å². The molecule has 31 heavy (non-hydrogen) atoms. The zero-order chi connectivity index (χ0) is 21.8. The monoisotopic (exact) mass is 433 g/mol. The minimum Gasteiger partial charge on any atom is -0.451 e. The van der Waals surface area contributed by atoms with E-state index < -0.39 is 18.5 Å². The lowest BCUT2D eigenvalue weighted by Crippen LogP contribution is -2.22. The van der Waals surface area contributed by atoms with Crippen LogP contribution in [-0.4, -0.2) is 34.5 Å². The molecule has 1 amide bonds. The molecular formula is C23H16ClN3O4. The van der Waals surface area contributed by atoms with Gasteiger partial charge in [0, 0.05) is 21.5 Å². The topological polar surface area (TPSA) is 101 Å². The van der Waals surface area contributed by atoms with Crippen LogP contribution >= 0.6 is 11.6 Å². The number of aromatic nitrogens is 2. The van der Waals surface area contributed by atoms with E-state index in [4.69, 9.17) is 16.3 Å². The van der Waals surface area contributed by atoms with E-state index in [1.807, 2.05) is 6.07 Å². The Morgan fingerprint density at radius 2 is 1.71 bits per heavy atom. The van der Waals surface area contributed by atoms with Crippen molar-refractivity contribution in [2.75, 3.05) is 11.9 Å². The normalized spacial score (nSPS) is 10.6. The number of aromatic amines is 1. The number of ether oxygens (including phenoxy) is 1. The fourth-order valence-corrected chi connectivity index (χ4v) is 3.24. The number of nitrogens with zero attached hydrogens (tertiary/aromatic N) is 1. The molecule has 0 fully saturated rings. The fourth-order valence-electron chi connectivity index (χ4n) is 3.06. The summed E-state index contributed by atoms with van der Waals surface area (Å²) in [6, 6.07) is 20.3. The van der Waals surface area contributed by atoms with Crippen molar-refractivity contribution in [1.29, 1.82) is 0 Å². The number of hydrogen-bond donors (Lipinski definition) is 2. The highest BCUT2D eigenvalue weighted by molar-refractivity contribution is 6.31. The number of halogens is 1. The number of H-pyrrole nitrogens is 1. The largest absolute Gasteiger partial charge is 0.451 e. The van der Waals surface area contributed by atoms with Crippen LogP contribution in [0.2, 0.25) is 5.02 Å². The van der Waals surface area contributed by atoms with E-state index in [-0.39, 0.29) is 22.7 Å². The Hall–Kier alpha value is -3.97. The van der Waals surface area contributed by atoms with Crippen LogP contribution in [0, 0.1) is 0 Å². The Kier molecular flexibility index (Phi) is 5.77. The van der Waals surface area contributed by atoms with Crippen LogP contribution in [0.4, 0.5) is 5.69 Å². The number of amides is 1. The molecule has 0 bridgehead atoms. The summed E-state index contributed by atoms with van der Waals surface area (Å²) >= 11 is 6.05. The number of benzene rings is 3. The van der Waals surface area contributed by atoms with Crippen LogP contribution in [0.25, 0.3) is 10.9 Å². The number of fused-ring (bicyclic) bond motifs is 1. The van der Waals surface area contributed by atoms with Crippen molar-refractivity contribution >= 4 is 45.9 Å². The van der Waals surface area contributed by atoms with Gasteiger partial charge in [-0.2, -0.15) is 5.10 Å². The number of carbonyl (C=O) groups excluding carboxylic acids is 3. The number of nitrogens with one attached hydrogen (secondary N) is 2. The summed E-state index contributed by atoms with van der Waals surface area (Å²) in [6.45, 7) is -0.540. The SMILES string of the molecule is O=C(COC(=O)c1n[nH]c2ccccc12)Nc1ccc(Cl)cc1C(=O)c1ccccc1. The highest BCUT2D eigenvalue weighted by Crippen LogP contribution is 2.24. The molecule has 4 aromatic rings. The smallest absolute Gasteiger partial charge is 0.359 e. The Balaban J connectivity index is 1.46. The van der Waals surface area contributed by atoms with E-state index in [0.29, 0.717) is 21.5 Å². The fraction of sp³-hybridized carbons (Fsp3) is 0.0435. The lowest BCUT2D eigenvalue weighted by atomic mass is 10.0. The maximum atomic E-state index is 12.8. The van der Waals surface area contributed by atoms with Crippen molar-refractivity contribution in [3.05, 3.63) is 94.6 Å². The molecule has 8 heteroatoms. The number of hydrogen-bond acceptors (Lipinski definition) is 5. The minimum absolute atomic E-state index is 0.0924. The first-order valence-electron chi connectivity index (χ1n) is 9.32. The first kappa shape index (κ1) is 20.3. The van der Waals surface area contributed by atoms with Crippen LogP contribution in [0.5, 0.6) is 0 Å². The second kappa shape index (κ2) is 8.81. The molecule has 0 aliphatic rings. The summed E-state index contributed by atoms with van der Waals surface area (Å²) in [7, 11) is 0. The second-order valence-corrected chi connectivity index (χ2v) is 7.06. The summed E-state index contributed by atoms with van der Waals surface area (Å²) in [5.41, 5.74) is 1.73. The minimum atomic E-state index is -0.732. The summed E-state index contributed by atoms with van der Waals surface area (Å²) in [6.07, 6.45) is 0. The zero-order valence-electron chi connectivity index (χ0n) is 16.1. The lowest BCUT2D eigenvalue weighted by Gasteiger charge is -2.11. The van der Waals surface area contributed by atoms with Gasteiger partial charge in [0.05, 0.1) is 11.2 Å². The molecule has 0 saturated carbocycles. The average molecular weight is 434 g/mol. The van der Waals surface area contributed by atoms with E-state index >= 15 is 0 Å². The third-order valence-corrected chi connectivity index (χ3v) is 4.77. The van der Waals surface area contributed by atoms with Crippen LogP contribution in [0.1, 0.15) is 26.4 Å². The number of carbonyl (C=O) groups is 3. The molecule has 3 aromatic carbocycles. The molecule has 7 nitrogen and oxygen atoms in total. The molecule has 0 spiro atoms. The molecule has 154 valence electrons. The molecule has 0 aliphatic heterocycles. The zero-order valence-corrected chi connectivity index (χ0v) is 16.8. The van der Waals surface area contributed by atoms with Gasteiger partial charge in [0.1, 0.15) is 0 Å². The average Bonchev–Trinajstić information content (AvgIpc) is 3.23. The molecule has 0 atom stereocenters. The van der Waals surface area contributed by atoms with Crippen molar-refractivity contribution in [3.8, 4) is 0 Å². The molecular weight excluding hydrogens is 418 g/mol. The number of para-hydroxylation sites is 1. The Morgan fingerprint density at radius 1 is 0.968 bits per heavy atom. The summed E-state index contributed by atoms with van der Waals surface area (Å²) in [4.78, 5) is 37.6. The molecule has 1 aromatic heterocycles. The van der Waals surface area contributed by atoms with Gasteiger partial charge >= 0.3 is 5.97 Å². The van der Waals surface area contributed by atoms with Crippen LogP contribution < -0.4 is 5.32 Å². The van der Waals surface area contributed by atoms with Gasteiger partial charge in [0.25, 0.3) is 5.91 Å². The van der Waals surface area contributed by atoms with Crippen molar-refractivity contribution in [2.45, 2.75) is 0 Å². The maximum absolute atomic E-state index is 12.8. The van der Waals surface area contributed by atoms with Gasteiger partial charge in [0.2, 0.25) is 0 Å². The first-order valence-corrected chi connectivity index (χ1v) is 9.70. The third kappa shape index (κ3) is 4.46. The van der Waals surface area contributed by atoms with E-state index in [0.717, 1.165) is 0 Å². The van der Waals surface area contributed by atoms with Crippen LogP contribution in [0.15, 0.2) is 72.8 Å². The molecule has 0 saturated heterocycles. The highest BCUT2D eigenvalue weighted by Gasteiger charge is 2.19. The van der Waals surface area contributed by atoms with Gasteiger partial charge in [-0.05, 0) is 24.3 Å². The predicted octanol–water partition coefficient (Wildman–Crippen LogP) is 4.24. The molecule has 2 N–H and O–H groups in total. The van der Waals surface area contributed by atoms with Gasteiger partial charge in [-0.3, -0.25) is 14.7 Å². The van der Waals surface area contributed by atoms with Gasteiger partial charge in [-0.15, -0.1) is 0 Å². The lowest BCUT2D eigenvalue weighted by molar-refractivity contribution is -0.119. The van der Waals surface area contributed by atoms with Gasteiger partial charge in [-0.25, -0.2) is 4.79 Å². The third-order valence-electron chi connectivity index (χ3n) is 4.53. The van der Waals surface area contributed by atoms with Crippen LogP contribution in [0.3, 0.4) is 0 Å². The highest BCUT2D eigenvalue weighted by atomic mass is 35.5. The molecule has 1 heterocycles. The van der Waals surface area contributed by atoms with E-state index in [9.17, 15) is 14.4 Å². The quantitative estimate of drug-likeness (QED) is 0.350. The molecule has 0 aliphatic carbocycles. The van der Waals surface area contributed by atoms with Crippen molar-refractivity contribution in [3.63, 3.8) is 0 Å². The molecule has 0 radical (unpaired) electrons. The number of anilines is 1. The number of esters is 1. The van der Waals surface area contributed by atoms with Gasteiger partial charge < -0.3 is 10.1 Å². The van der Waals surface area contributed by atoms with E-state index in [1.54, 1.807) is 54.6 Å².